The van der Waals surface area contributed by atoms with E-state index in [2.05, 4.69) is 31.0 Å². The van der Waals surface area contributed by atoms with E-state index in [9.17, 15) is 4.79 Å². The van der Waals surface area contributed by atoms with Crippen molar-refractivity contribution in [2.24, 2.45) is 0 Å². The first-order valence-electron chi connectivity index (χ1n) is 6.68. The Morgan fingerprint density at radius 3 is 2.33 bits per heavy atom. The van der Waals surface area contributed by atoms with Crippen LogP contribution in [-0.2, 0) is 5.41 Å². The summed E-state index contributed by atoms with van der Waals surface area (Å²) in [4.78, 5) is 12.4. The highest BCUT2D eigenvalue weighted by atomic mass is 32.2. The molecule has 6 heteroatoms. The fourth-order valence-corrected chi connectivity index (χ4v) is 3.70. The summed E-state index contributed by atoms with van der Waals surface area (Å²) in [6.45, 7) is 8.34. The fourth-order valence-electron chi connectivity index (χ4n) is 1.84. The quantitative estimate of drug-likeness (QED) is 0.685. The molecule has 1 aromatic carbocycles. The van der Waals surface area contributed by atoms with Gasteiger partial charge in [0.25, 0.3) is 0 Å². The van der Waals surface area contributed by atoms with Gasteiger partial charge >= 0.3 is 0 Å². The number of aromatic nitrogens is 2. The molecule has 2 aromatic rings. The van der Waals surface area contributed by atoms with Crippen LogP contribution in [0.3, 0.4) is 0 Å². The van der Waals surface area contributed by atoms with Gasteiger partial charge in [-0.1, -0.05) is 68.1 Å². The Hall–Kier alpha value is -1.40. The van der Waals surface area contributed by atoms with Crippen LogP contribution >= 0.6 is 23.1 Å². The molecular weight excluding hydrogens is 302 g/mol. The van der Waals surface area contributed by atoms with Gasteiger partial charge in [-0.3, -0.25) is 4.79 Å². The summed E-state index contributed by atoms with van der Waals surface area (Å²) in [5.41, 5.74) is 7.58. The van der Waals surface area contributed by atoms with Gasteiger partial charge in [0.05, 0.1) is 5.25 Å². The average molecular weight is 321 g/mol. The zero-order valence-electron chi connectivity index (χ0n) is 12.6. The molecule has 0 saturated carbocycles. The molecule has 0 aliphatic carbocycles. The van der Waals surface area contributed by atoms with Gasteiger partial charge in [0.1, 0.15) is 0 Å². The summed E-state index contributed by atoms with van der Waals surface area (Å²) < 4.78 is 0.722. The van der Waals surface area contributed by atoms with Gasteiger partial charge in [-0.2, -0.15) is 0 Å². The molecule has 0 unspecified atom stereocenters. The Bertz CT molecular complexity index is 629. The molecule has 2 N–H and O–H groups in total. The molecule has 0 aliphatic heterocycles. The number of nitrogen functional groups attached to an aromatic ring is 1. The lowest BCUT2D eigenvalue weighted by atomic mass is 9.86. The molecular formula is C15H19N3OS2. The summed E-state index contributed by atoms with van der Waals surface area (Å²) in [6, 6.07) is 7.84. The molecule has 0 saturated heterocycles. The highest BCUT2D eigenvalue weighted by molar-refractivity contribution is 8.02. The number of hydrogen-bond donors (Lipinski definition) is 1. The maximum Gasteiger partial charge on any atom is 0.203 e. The predicted octanol–water partition coefficient (Wildman–Crippen LogP) is 3.78. The van der Waals surface area contributed by atoms with Gasteiger partial charge in [-0.05, 0) is 17.9 Å². The Kier molecular flexibility index (Phi) is 4.68. The Morgan fingerprint density at radius 1 is 1.24 bits per heavy atom. The molecule has 0 spiro atoms. The second kappa shape index (κ2) is 6.15. The van der Waals surface area contributed by atoms with Gasteiger partial charge in [0, 0.05) is 5.56 Å². The number of nitrogens with zero attached hydrogens (tertiary/aromatic N) is 2. The van der Waals surface area contributed by atoms with E-state index in [1.54, 1.807) is 0 Å². The third-order valence-electron chi connectivity index (χ3n) is 3.10. The van der Waals surface area contributed by atoms with Gasteiger partial charge in [0.2, 0.25) is 5.13 Å². The van der Waals surface area contributed by atoms with Crippen molar-refractivity contribution < 1.29 is 4.79 Å². The molecule has 0 amide bonds. The van der Waals surface area contributed by atoms with Crippen molar-refractivity contribution in [1.29, 1.82) is 0 Å². The van der Waals surface area contributed by atoms with Gasteiger partial charge in [0.15, 0.2) is 10.1 Å². The zero-order valence-corrected chi connectivity index (χ0v) is 14.2. The van der Waals surface area contributed by atoms with Crippen LogP contribution < -0.4 is 5.73 Å². The SMILES string of the molecule is C[C@@H](Sc1nnc(N)s1)C(=O)c1ccc(C(C)(C)C)cc1. The van der Waals surface area contributed by atoms with Crippen LogP contribution in [0.4, 0.5) is 5.13 Å². The number of carbonyl (C=O) groups is 1. The number of carbonyl (C=O) groups excluding carboxylic acids is 1. The lowest BCUT2D eigenvalue weighted by Gasteiger charge is -2.19. The minimum Gasteiger partial charge on any atom is -0.374 e. The van der Waals surface area contributed by atoms with Crippen LogP contribution in [0.5, 0.6) is 0 Å². The number of hydrogen-bond acceptors (Lipinski definition) is 6. The monoisotopic (exact) mass is 321 g/mol. The van der Waals surface area contributed by atoms with Crippen LogP contribution in [0.15, 0.2) is 28.6 Å². The first-order valence-corrected chi connectivity index (χ1v) is 8.37. The summed E-state index contributed by atoms with van der Waals surface area (Å²) in [7, 11) is 0. The third-order valence-corrected chi connectivity index (χ3v) is 5.04. The highest BCUT2D eigenvalue weighted by Gasteiger charge is 2.20. The molecule has 0 fully saturated rings. The Morgan fingerprint density at radius 2 is 1.86 bits per heavy atom. The molecule has 112 valence electrons. The number of Topliss-reactive ketones (excluding diaryl/α,β-unsaturated/α-hetero) is 1. The van der Waals surface area contributed by atoms with E-state index in [1.165, 1.54) is 28.7 Å². The highest BCUT2D eigenvalue weighted by Crippen LogP contribution is 2.29. The van der Waals surface area contributed by atoms with E-state index in [0.29, 0.717) is 5.13 Å². The van der Waals surface area contributed by atoms with Crippen molar-refractivity contribution >= 4 is 34.0 Å². The van der Waals surface area contributed by atoms with Crippen LogP contribution in [-0.4, -0.2) is 21.2 Å². The van der Waals surface area contributed by atoms with Crippen LogP contribution in [0.2, 0.25) is 0 Å². The van der Waals surface area contributed by atoms with E-state index >= 15 is 0 Å². The van der Waals surface area contributed by atoms with E-state index in [-0.39, 0.29) is 16.4 Å². The molecule has 0 aliphatic rings. The van der Waals surface area contributed by atoms with E-state index in [0.717, 1.165) is 9.90 Å². The topological polar surface area (TPSA) is 68.9 Å². The number of anilines is 1. The fraction of sp³-hybridized carbons (Fsp3) is 0.400. The molecule has 1 atom stereocenters. The molecule has 21 heavy (non-hydrogen) atoms. The first-order chi connectivity index (χ1) is 9.77. The number of benzene rings is 1. The van der Waals surface area contributed by atoms with Crippen molar-refractivity contribution in [1.82, 2.24) is 10.2 Å². The van der Waals surface area contributed by atoms with Gasteiger partial charge in [-0.15, -0.1) is 10.2 Å². The molecule has 0 bridgehead atoms. The Labute approximate surface area is 133 Å². The minimum atomic E-state index is -0.210. The molecule has 0 radical (unpaired) electrons. The summed E-state index contributed by atoms with van der Waals surface area (Å²) in [5, 5.41) is 7.90. The zero-order chi connectivity index (χ0) is 15.6. The summed E-state index contributed by atoms with van der Waals surface area (Å²) in [6.07, 6.45) is 0. The Balaban J connectivity index is 2.08. The minimum absolute atomic E-state index is 0.0893. The van der Waals surface area contributed by atoms with Crippen molar-refractivity contribution in [3.05, 3.63) is 35.4 Å². The lowest BCUT2D eigenvalue weighted by molar-refractivity contribution is 0.0994. The predicted molar refractivity (Wildman–Crippen MR) is 89.1 cm³/mol. The van der Waals surface area contributed by atoms with Crippen LogP contribution in [0.1, 0.15) is 43.6 Å². The third kappa shape index (κ3) is 4.04. The van der Waals surface area contributed by atoms with Crippen molar-refractivity contribution in [3.63, 3.8) is 0 Å². The van der Waals surface area contributed by atoms with Gasteiger partial charge in [-0.25, -0.2) is 0 Å². The number of rotatable bonds is 4. The maximum atomic E-state index is 12.4. The second-order valence-electron chi connectivity index (χ2n) is 5.86. The van der Waals surface area contributed by atoms with E-state index in [4.69, 9.17) is 5.73 Å². The van der Waals surface area contributed by atoms with E-state index < -0.39 is 0 Å². The largest absolute Gasteiger partial charge is 0.374 e. The first kappa shape index (κ1) is 16.0. The number of ketones is 1. The number of nitrogens with two attached hydrogens (primary N) is 1. The summed E-state index contributed by atoms with van der Waals surface area (Å²) in [5.74, 6) is 0.0919. The van der Waals surface area contributed by atoms with Crippen molar-refractivity contribution in [3.8, 4) is 0 Å². The number of thioether (sulfide) groups is 1. The average Bonchev–Trinajstić information content (AvgIpc) is 2.82. The smallest absolute Gasteiger partial charge is 0.203 e. The van der Waals surface area contributed by atoms with Crippen LogP contribution in [0.25, 0.3) is 0 Å². The van der Waals surface area contributed by atoms with Gasteiger partial charge < -0.3 is 5.73 Å². The normalized spacial score (nSPS) is 13.1. The van der Waals surface area contributed by atoms with Crippen molar-refractivity contribution in [2.45, 2.75) is 42.7 Å². The van der Waals surface area contributed by atoms with E-state index in [1.807, 2.05) is 31.2 Å². The molecule has 4 nitrogen and oxygen atoms in total. The summed E-state index contributed by atoms with van der Waals surface area (Å²) >= 11 is 2.69. The maximum absolute atomic E-state index is 12.4. The van der Waals surface area contributed by atoms with Crippen molar-refractivity contribution in [2.75, 3.05) is 5.73 Å². The standard InChI is InChI=1S/C15H19N3OS2/c1-9(20-14-18-17-13(16)21-14)12(19)10-5-7-11(8-6-10)15(2,3)4/h5-9H,1-4H3,(H2,16,17)/t9-/m1/s1. The second-order valence-corrected chi connectivity index (χ2v) is 8.45. The lowest BCUT2D eigenvalue weighted by Crippen LogP contribution is -2.15. The molecule has 2 rings (SSSR count). The molecule has 1 heterocycles. The molecule has 1 aromatic heterocycles. The van der Waals surface area contributed by atoms with Crippen LogP contribution in [0, 0.1) is 0 Å².